The van der Waals surface area contributed by atoms with Gasteiger partial charge in [-0.25, -0.2) is 8.42 Å². The molecule has 0 aromatic heterocycles. The van der Waals surface area contributed by atoms with Crippen LogP contribution in [0.2, 0.25) is 0 Å². The molecular weight excluding hydrogens is 398 g/mol. The normalized spacial score (nSPS) is 17.4. The average molecular weight is 424 g/mol. The Labute approximate surface area is 172 Å². The van der Waals surface area contributed by atoms with Gasteiger partial charge in [-0.2, -0.15) is 4.31 Å². The first-order valence-corrected chi connectivity index (χ1v) is 10.6. The molecule has 152 valence electrons. The molecule has 0 bridgehead atoms. The Morgan fingerprint density at radius 1 is 0.964 bits per heavy atom. The van der Waals surface area contributed by atoms with Gasteiger partial charge in [-0.05, 0) is 18.1 Å². The van der Waals surface area contributed by atoms with Crippen LogP contribution in [0, 0.1) is 0 Å². The Kier molecular flexibility index (Phi) is 7.22. The SMILES string of the molecule is CC(N)(C(=O)N1CCN(S(=O)(=O)Cc2ccccc2)CC1)c1ccccc1.Cl. The number of benzene rings is 2. The van der Waals surface area contributed by atoms with Crippen molar-refractivity contribution in [2.24, 2.45) is 5.73 Å². The van der Waals surface area contributed by atoms with Crippen LogP contribution in [0.5, 0.6) is 0 Å². The number of rotatable bonds is 5. The van der Waals surface area contributed by atoms with E-state index in [0.29, 0.717) is 13.1 Å². The quantitative estimate of drug-likeness (QED) is 0.796. The van der Waals surface area contributed by atoms with Crippen LogP contribution in [0.3, 0.4) is 0 Å². The highest BCUT2D eigenvalue weighted by Gasteiger charge is 2.37. The van der Waals surface area contributed by atoms with Crippen LogP contribution in [-0.2, 0) is 26.1 Å². The average Bonchev–Trinajstić information content (AvgIpc) is 2.68. The van der Waals surface area contributed by atoms with E-state index in [-0.39, 0.29) is 37.2 Å². The van der Waals surface area contributed by atoms with Crippen molar-refractivity contribution in [1.82, 2.24) is 9.21 Å². The Morgan fingerprint density at radius 3 is 2.00 bits per heavy atom. The van der Waals surface area contributed by atoms with Gasteiger partial charge in [0.15, 0.2) is 0 Å². The first-order valence-electron chi connectivity index (χ1n) is 8.96. The van der Waals surface area contributed by atoms with Gasteiger partial charge in [-0.1, -0.05) is 60.7 Å². The van der Waals surface area contributed by atoms with E-state index < -0.39 is 15.6 Å². The molecule has 0 saturated carbocycles. The molecule has 2 aromatic carbocycles. The second-order valence-electron chi connectivity index (χ2n) is 7.00. The highest BCUT2D eigenvalue weighted by Crippen LogP contribution is 2.22. The maximum atomic E-state index is 12.9. The zero-order chi connectivity index (χ0) is 19.5. The van der Waals surface area contributed by atoms with E-state index in [9.17, 15) is 13.2 Å². The molecule has 2 aromatic rings. The molecule has 1 fully saturated rings. The first kappa shape index (κ1) is 22.4. The van der Waals surface area contributed by atoms with Crippen molar-refractivity contribution in [2.45, 2.75) is 18.2 Å². The highest BCUT2D eigenvalue weighted by molar-refractivity contribution is 7.88. The largest absolute Gasteiger partial charge is 0.338 e. The molecule has 1 saturated heterocycles. The molecule has 1 heterocycles. The van der Waals surface area contributed by atoms with Gasteiger partial charge in [-0.3, -0.25) is 4.79 Å². The number of sulfonamides is 1. The van der Waals surface area contributed by atoms with Gasteiger partial charge in [0.05, 0.1) is 5.75 Å². The number of halogens is 1. The molecule has 3 rings (SSSR count). The summed E-state index contributed by atoms with van der Waals surface area (Å²) in [6.45, 7) is 2.94. The minimum atomic E-state index is -3.41. The lowest BCUT2D eigenvalue weighted by Crippen LogP contribution is -2.57. The van der Waals surface area contributed by atoms with Crippen molar-refractivity contribution >= 4 is 28.3 Å². The topological polar surface area (TPSA) is 83.7 Å². The fraction of sp³-hybridized carbons (Fsp3) is 0.350. The number of hydrogen-bond acceptors (Lipinski definition) is 4. The number of hydrogen-bond donors (Lipinski definition) is 1. The molecule has 1 amide bonds. The summed E-state index contributed by atoms with van der Waals surface area (Å²) in [6.07, 6.45) is 0. The van der Waals surface area contributed by atoms with E-state index in [0.717, 1.165) is 11.1 Å². The molecule has 8 heteroatoms. The van der Waals surface area contributed by atoms with E-state index in [1.165, 1.54) is 4.31 Å². The smallest absolute Gasteiger partial charge is 0.247 e. The predicted molar refractivity (Wildman–Crippen MR) is 112 cm³/mol. The monoisotopic (exact) mass is 423 g/mol. The summed E-state index contributed by atoms with van der Waals surface area (Å²) in [5.74, 6) is -0.214. The molecule has 1 aliphatic heterocycles. The molecule has 0 aliphatic carbocycles. The van der Waals surface area contributed by atoms with Crippen LogP contribution in [0.4, 0.5) is 0 Å². The van der Waals surface area contributed by atoms with Gasteiger partial charge in [0.25, 0.3) is 0 Å². The van der Waals surface area contributed by atoms with Crippen LogP contribution >= 0.6 is 12.4 Å². The second kappa shape index (κ2) is 9.05. The summed E-state index contributed by atoms with van der Waals surface area (Å²) in [5.41, 5.74) is 6.68. The van der Waals surface area contributed by atoms with E-state index in [2.05, 4.69) is 0 Å². The lowest BCUT2D eigenvalue weighted by atomic mass is 9.91. The Morgan fingerprint density at radius 2 is 1.46 bits per heavy atom. The van der Waals surface area contributed by atoms with Gasteiger partial charge in [0, 0.05) is 26.2 Å². The maximum Gasteiger partial charge on any atom is 0.247 e. The van der Waals surface area contributed by atoms with Gasteiger partial charge in [0.2, 0.25) is 15.9 Å². The maximum absolute atomic E-state index is 12.9. The van der Waals surface area contributed by atoms with Gasteiger partial charge in [0.1, 0.15) is 5.54 Å². The Hall–Kier alpha value is -1.93. The fourth-order valence-corrected chi connectivity index (χ4v) is 4.80. The van der Waals surface area contributed by atoms with E-state index in [4.69, 9.17) is 5.73 Å². The van der Waals surface area contributed by atoms with Crippen molar-refractivity contribution in [3.63, 3.8) is 0 Å². The van der Waals surface area contributed by atoms with E-state index in [1.54, 1.807) is 24.0 Å². The van der Waals surface area contributed by atoms with Crippen molar-refractivity contribution in [3.05, 3.63) is 71.8 Å². The standard InChI is InChI=1S/C20H25N3O3S.ClH/c1-20(21,18-10-6-3-7-11-18)19(24)22-12-14-23(15-13-22)27(25,26)16-17-8-4-2-5-9-17;/h2-11H,12-16,21H2,1H3;1H. The number of nitrogens with zero attached hydrogens (tertiary/aromatic N) is 2. The number of carbonyl (C=O) groups is 1. The van der Waals surface area contributed by atoms with E-state index in [1.807, 2.05) is 48.5 Å². The van der Waals surface area contributed by atoms with Crippen LogP contribution in [0.1, 0.15) is 18.1 Å². The summed E-state index contributed by atoms with van der Waals surface area (Å²) in [4.78, 5) is 14.6. The fourth-order valence-electron chi connectivity index (χ4n) is 3.28. The van der Waals surface area contributed by atoms with Gasteiger partial charge in [-0.15, -0.1) is 12.4 Å². The summed E-state index contributed by atoms with van der Waals surface area (Å²) in [7, 11) is -3.41. The number of nitrogens with two attached hydrogens (primary N) is 1. The third kappa shape index (κ3) is 4.91. The third-order valence-electron chi connectivity index (χ3n) is 4.93. The number of piperazine rings is 1. The molecule has 2 N–H and O–H groups in total. The zero-order valence-corrected chi connectivity index (χ0v) is 17.5. The van der Waals surface area contributed by atoms with Crippen LogP contribution in [0.25, 0.3) is 0 Å². The molecular formula is C20H26ClN3O3S. The third-order valence-corrected chi connectivity index (χ3v) is 6.78. The minimum absolute atomic E-state index is 0. The lowest BCUT2D eigenvalue weighted by molar-refractivity contribution is -0.138. The molecule has 1 atom stereocenters. The second-order valence-corrected chi connectivity index (χ2v) is 8.97. The summed E-state index contributed by atoms with van der Waals surface area (Å²) in [5, 5.41) is 0. The first-order chi connectivity index (χ1) is 12.8. The van der Waals surface area contributed by atoms with Crippen molar-refractivity contribution in [2.75, 3.05) is 26.2 Å². The summed E-state index contributed by atoms with van der Waals surface area (Å²) >= 11 is 0. The van der Waals surface area contributed by atoms with Gasteiger partial charge >= 0.3 is 0 Å². The van der Waals surface area contributed by atoms with Gasteiger partial charge < -0.3 is 10.6 Å². The molecule has 1 aliphatic rings. The molecule has 1 unspecified atom stereocenters. The highest BCUT2D eigenvalue weighted by atomic mass is 35.5. The van der Waals surface area contributed by atoms with Crippen molar-refractivity contribution < 1.29 is 13.2 Å². The lowest BCUT2D eigenvalue weighted by Gasteiger charge is -2.38. The van der Waals surface area contributed by atoms with Crippen LogP contribution in [-0.4, -0.2) is 49.7 Å². The Bertz CT molecular complexity index is 881. The Balaban J connectivity index is 0.00000280. The van der Waals surface area contributed by atoms with Crippen LogP contribution < -0.4 is 5.73 Å². The molecule has 0 spiro atoms. The van der Waals surface area contributed by atoms with Crippen molar-refractivity contribution in [1.29, 1.82) is 0 Å². The molecule has 28 heavy (non-hydrogen) atoms. The molecule has 6 nitrogen and oxygen atoms in total. The number of carbonyl (C=O) groups excluding carboxylic acids is 1. The predicted octanol–water partition coefficient (Wildman–Crippen LogP) is 1.96. The molecule has 0 radical (unpaired) electrons. The van der Waals surface area contributed by atoms with E-state index >= 15 is 0 Å². The van der Waals surface area contributed by atoms with Crippen LogP contribution in [0.15, 0.2) is 60.7 Å². The zero-order valence-electron chi connectivity index (χ0n) is 15.8. The summed E-state index contributed by atoms with van der Waals surface area (Å²) < 4.78 is 26.8. The minimum Gasteiger partial charge on any atom is -0.338 e. The number of amides is 1. The van der Waals surface area contributed by atoms with Crippen molar-refractivity contribution in [3.8, 4) is 0 Å². The summed E-state index contributed by atoms with van der Waals surface area (Å²) in [6, 6.07) is 18.4.